The number of fused-ring (bicyclic) bond motifs is 1. The number of thiazole rings is 1. The molecule has 15 nitrogen and oxygen atoms in total. The van der Waals surface area contributed by atoms with Crippen molar-refractivity contribution in [1.82, 2.24) is 4.98 Å². The van der Waals surface area contributed by atoms with Crippen molar-refractivity contribution in [2.24, 2.45) is 20.5 Å². The molecule has 4 aromatic carbocycles. The second kappa shape index (κ2) is 16.9. The predicted molar refractivity (Wildman–Crippen MR) is 151 cm³/mol. The zero-order chi connectivity index (χ0) is 31.1. The number of aromatic nitrogens is 1. The summed E-state index contributed by atoms with van der Waals surface area (Å²) in [4.78, 5) is 3.52. The molecule has 0 bridgehead atoms. The zero-order valence-electron chi connectivity index (χ0n) is 24.3. The van der Waals surface area contributed by atoms with Gasteiger partial charge in [-0.1, -0.05) is 35.4 Å². The number of hydrogen-bond donors (Lipinski definition) is 1. The van der Waals surface area contributed by atoms with Gasteiger partial charge in [-0.3, -0.25) is 4.55 Å². The Hall–Kier alpha value is -2.33. The smallest absolute Gasteiger partial charge is 0.871 e. The normalized spacial score (nSPS) is 11.5. The molecule has 1 radical (unpaired) electrons. The van der Waals surface area contributed by atoms with Gasteiger partial charge in [0.2, 0.25) is 0 Å². The Morgan fingerprint density at radius 3 is 2.02 bits per heavy atom. The standard InChI is InChI=1S/C26H19N5O9S3.Cu.2Na.H2O/c1-13-2-8-18-24(25(13)43(38,39)40)41-26(27-18)14-3-5-15(6-4-14)28-31-22-21(33)11-9-17(23(22)34)29-30-19-12-16(42(35,36)37)7-10-20(19)32;;;;/h2-12,32-34H,1H3,(H,35,36,37)(H,38,39,40);;;;1H2/q;+2;2*+1;/p-4. The molecule has 0 fully saturated rings. The van der Waals surface area contributed by atoms with Crippen molar-refractivity contribution >= 4 is 64.5 Å². The summed E-state index contributed by atoms with van der Waals surface area (Å²) < 4.78 is 67.4. The molecule has 5 aromatic rings. The molecule has 0 aliphatic rings. The maximum absolute atomic E-state index is 12.8. The maximum atomic E-state index is 12.8. The quantitative estimate of drug-likeness (QED) is 0.105. The summed E-state index contributed by atoms with van der Waals surface area (Å²) in [5, 5.41) is 52.4. The molecule has 1 aromatic heterocycles. The number of aryl methyl sites for hydroxylation is 1. The van der Waals surface area contributed by atoms with Crippen LogP contribution in [0.3, 0.4) is 0 Å². The van der Waals surface area contributed by atoms with E-state index in [0.717, 1.165) is 35.6 Å². The molecule has 0 saturated carbocycles. The first-order chi connectivity index (χ1) is 20.2. The zero-order valence-corrected chi connectivity index (χ0v) is 31.7. The number of rotatable bonds is 7. The van der Waals surface area contributed by atoms with Gasteiger partial charge in [0.1, 0.15) is 20.0 Å². The minimum Gasteiger partial charge on any atom is -0.871 e. The molecule has 0 saturated heterocycles. The number of benzene rings is 4. The van der Waals surface area contributed by atoms with Gasteiger partial charge in [0.25, 0.3) is 10.1 Å². The molecule has 0 unspecified atom stereocenters. The van der Waals surface area contributed by atoms with Crippen molar-refractivity contribution in [2.45, 2.75) is 16.7 Å². The second-order valence-corrected chi connectivity index (χ2v) is 12.6. The van der Waals surface area contributed by atoms with Crippen molar-refractivity contribution in [3.63, 3.8) is 0 Å². The fourth-order valence-corrected chi connectivity index (χ4v) is 6.65. The first kappa shape index (κ1) is 42.7. The summed E-state index contributed by atoms with van der Waals surface area (Å²) in [5.41, 5.74) is 0.106. The summed E-state index contributed by atoms with van der Waals surface area (Å²) in [6.07, 6.45) is 0. The number of hydrogen-bond acceptors (Lipinski definition) is 14. The van der Waals surface area contributed by atoms with E-state index in [9.17, 15) is 41.3 Å². The molecule has 47 heavy (non-hydrogen) atoms. The van der Waals surface area contributed by atoms with Crippen molar-refractivity contribution in [2.75, 3.05) is 0 Å². The van der Waals surface area contributed by atoms with Crippen LogP contribution >= 0.6 is 11.3 Å². The molecule has 0 amide bonds. The van der Waals surface area contributed by atoms with Gasteiger partial charge in [-0.25, -0.2) is 13.4 Å². The van der Waals surface area contributed by atoms with Crippen molar-refractivity contribution in [3.8, 4) is 27.8 Å². The van der Waals surface area contributed by atoms with E-state index in [0.29, 0.717) is 32.4 Å². The Kier molecular flexibility index (Phi) is 15.3. The van der Waals surface area contributed by atoms with Gasteiger partial charge in [0.05, 0.1) is 37.9 Å². The Morgan fingerprint density at radius 1 is 0.787 bits per heavy atom. The molecule has 0 spiro atoms. The molecule has 0 atom stereocenters. The number of azo groups is 2. The molecule has 3 N–H and O–H groups in total. The third-order valence-electron chi connectivity index (χ3n) is 5.90. The van der Waals surface area contributed by atoms with E-state index in [-0.39, 0.29) is 92.2 Å². The monoisotopic (exact) mass is 764 g/mol. The van der Waals surface area contributed by atoms with Gasteiger partial charge in [-0.05, 0) is 61.0 Å². The Balaban J connectivity index is 0.00000276. The summed E-state index contributed by atoms with van der Waals surface area (Å²) in [7, 11) is -9.34. The molecule has 0 aliphatic heterocycles. The Morgan fingerprint density at radius 2 is 1.40 bits per heavy atom. The number of nitrogens with zero attached hydrogens (tertiary/aromatic N) is 5. The van der Waals surface area contributed by atoms with Crippen molar-refractivity contribution < 1.29 is 123 Å². The van der Waals surface area contributed by atoms with Crippen LogP contribution in [-0.4, -0.2) is 36.4 Å². The van der Waals surface area contributed by atoms with Crippen LogP contribution in [-0.2, 0) is 37.3 Å². The molecule has 1 heterocycles. The average Bonchev–Trinajstić information content (AvgIpc) is 3.36. The first-order valence-corrected chi connectivity index (χ1v) is 15.5. The van der Waals surface area contributed by atoms with Crippen LogP contribution in [0, 0.1) is 6.92 Å². The summed E-state index contributed by atoms with van der Waals surface area (Å²) in [5.74, 6) is -2.49. The van der Waals surface area contributed by atoms with E-state index in [1.807, 2.05) is 0 Å². The van der Waals surface area contributed by atoms with E-state index < -0.39 is 59.4 Å². The van der Waals surface area contributed by atoms with Crippen LogP contribution in [0.4, 0.5) is 22.7 Å². The van der Waals surface area contributed by atoms with Gasteiger partial charge in [0, 0.05) is 5.56 Å². The van der Waals surface area contributed by atoms with Crippen LogP contribution in [0.2, 0.25) is 0 Å². The van der Waals surface area contributed by atoms with Crippen molar-refractivity contribution in [3.05, 3.63) is 72.3 Å². The fraction of sp³-hybridized carbons (Fsp3) is 0.0385. The topological polar surface area (TPSA) is 275 Å². The molecule has 5 rings (SSSR count). The van der Waals surface area contributed by atoms with E-state index in [2.05, 4.69) is 25.4 Å². The van der Waals surface area contributed by atoms with Crippen LogP contribution in [0.15, 0.2) is 97.0 Å². The Labute approximate surface area is 326 Å². The summed E-state index contributed by atoms with van der Waals surface area (Å²) in [6.45, 7) is 1.56. The summed E-state index contributed by atoms with van der Waals surface area (Å²) >= 11 is 1.07. The van der Waals surface area contributed by atoms with Crippen LogP contribution < -0.4 is 74.4 Å². The van der Waals surface area contributed by atoms with Gasteiger partial charge in [0.15, 0.2) is 0 Å². The molecule has 21 heteroatoms. The first-order valence-electron chi connectivity index (χ1n) is 11.8. The summed E-state index contributed by atoms with van der Waals surface area (Å²) in [6, 6.07) is 13.8. The third-order valence-corrected chi connectivity index (χ3v) is 9.05. The van der Waals surface area contributed by atoms with E-state index in [1.165, 1.54) is 12.1 Å². The SMILES string of the molecule is Cc1ccc2nc(-c3ccc(N=Nc4c([O-])ccc(N=Nc5cc(S(=O)(=O)[O-])ccc5[O-])c4[O-])cc3)sc2c1S(=O)(=O)O.O.[Cu+2].[Na+].[Na+]. The van der Waals surface area contributed by atoms with Gasteiger partial charge in [-0.15, -0.1) is 11.3 Å². The van der Waals surface area contributed by atoms with Crippen LogP contribution in [0.1, 0.15) is 5.56 Å². The van der Waals surface area contributed by atoms with E-state index in [4.69, 9.17) is 0 Å². The molecular weight excluding hydrogens is 748 g/mol. The molecule has 237 valence electrons. The fourth-order valence-electron chi connectivity index (χ4n) is 3.84. The minimum atomic E-state index is -4.87. The van der Waals surface area contributed by atoms with Gasteiger partial charge >= 0.3 is 76.2 Å². The van der Waals surface area contributed by atoms with E-state index in [1.54, 1.807) is 31.2 Å². The molecular formula is C26H17CuN5Na2O10S3. The minimum absolute atomic E-state index is 0. The average molecular weight is 765 g/mol. The third kappa shape index (κ3) is 9.64. The second-order valence-electron chi connectivity index (χ2n) is 8.85. The predicted octanol–water partition coefficient (Wildman–Crippen LogP) is -2.35. The maximum Gasteiger partial charge on any atom is 2.00 e. The van der Waals surface area contributed by atoms with Crippen LogP contribution in [0.25, 0.3) is 20.8 Å². The Bertz CT molecular complexity index is 2200. The van der Waals surface area contributed by atoms with E-state index >= 15 is 0 Å². The van der Waals surface area contributed by atoms with Gasteiger partial charge in [-0.2, -0.15) is 28.9 Å². The van der Waals surface area contributed by atoms with Gasteiger partial charge < -0.3 is 25.3 Å². The largest absolute Gasteiger partial charge is 2.00 e. The molecule has 0 aliphatic carbocycles. The van der Waals surface area contributed by atoms with Crippen molar-refractivity contribution in [1.29, 1.82) is 0 Å². The van der Waals surface area contributed by atoms with Crippen LogP contribution in [0.5, 0.6) is 17.2 Å².